The predicted octanol–water partition coefficient (Wildman–Crippen LogP) is 4.79. The fourth-order valence-electron chi connectivity index (χ4n) is 3.48. The highest BCUT2D eigenvalue weighted by molar-refractivity contribution is 9.10. The minimum atomic E-state index is -0.836. The third-order valence-corrected chi connectivity index (χ3v) is 6.44. The van der Waals surface area contributed by atoms with E-state index in [1.807, 2.05) is 36.6 Å². The Hall–Kier alpha value is -2.77. The summed E-state index contributed by atoms with van der Waals surface area (Å²) in [7, 11) is 0. The van der Waals surface area contributed by atoms with Crippen LogP contribution in [0.25, 0.3) is 0 Å². The molecule has 0 bridgehead atoms. The normalized spacial score (nSPS) is 16.2. The number of amides is 3. The van der Waals surface area contributed by atoms with Crippen molar-refractivity contribution in [2.24, 2.45) is 0 Å². The van der Waals surface area contributed by atoms with Crippen molar-refractivity contribution in [3.8, 4) is 0 Å². The molecule has 1 aliphatic heterocycles. The zero-order valence-corrected chi connectivity index (χ0v) is 18.7. The summed E-state index contributed by atoms with van der Waals surface area (Å²) in [5.74, 6) is -0.922. The van der Waals surface area contributed by atoms with Gasteiger partial charge in [0.05, 0.1) is 17.0 Å². The zero-order valence-electron chi connectivity index (χ0n) is 16.2. The van der Waals surface area contributed by atoms with Gasteiger partial charge in [-0.3, -0.25) is 14.4 Å². The lowest BCUT2D eigenvalue weighted by Gasteiger charge is -2.27. The molecule has 0 N–H and O–H groups in total. The number of imide groups is 1. The Morgan fingerprint density at radius 1 is 1.10 bits per heavy atom. The highest BCUT2D eigenvalue weighted by Crippen LogP contribution is 2.29. The Bertz CT molecular complexity index is 1080. The van der Waals surface area contributed by atoms with E-state index in [2.05, 4.69) is 15.9 Å². The summed E-state index contributed by atoms with van der Waals surface area (Å²) in [5.41, 5.74) is 2.53. The van der Waals surface area contributed by atoms with Crippen LogP contribution in [-0.2, 0) is 16.1 Å². The first-order valence-electron chi connectivity index (χ1n) is 9.46. The molecule has 1 aromatic heterocycles. The second-order valence-electron chi connectivity index (χ2n) is 7.16. The Morgan fingerprint density at radius 3 is 2.43 bits per heavy atom. The van der Waals surface area contributed by atoms with Crippen molar-refractivity contribution in [2.45, 2.75) is 25.9 Å². The summed E-state index contributed by atoms with van der Waals surface area (Å²) >= 11 is 4.69. The summed E-state index contributed by atoms with van der Waals surface area (Å²) in [6.07, 6.45) is -0.0299. The smallest absolute Gasteiger partial charge is 0.264 e. The van der Waals surface area contributed by atoms with E-state index in [1.54, 1.807) is 36.4 Å². The van der Waals surface area contributed by atoms with E-state index in [-0.39, 0.29) is 30.7 Å². The van der Waals surface area contributed by atoms with Gasteiger partial charge in [-0.1, -0.05) is 51.8 Å². The number of thiophene rings is 1. The molecule has 0 saturated carbocycles. The zero-order chi connectivity index (χ0) is 21.3. The molecule has 1 atom stereocenters. The Morgan fingerprint density at radius 2 is 1.80 bits per heavy atom. The van der Waals surface area contributed by atoms with Crippen molar-refractivity contribution in [1.29, 1.82) is 0 Å². The van der Waals surface area contributed by atoms with Gasteiger partial charge >= 0.3 is 0 Å². The molecular weight excluding hydrogens is 464 g/mol. The van der Waals surface area contributed by atoms with Crippen molar-refractivity contribution in [3.05, 3.63) is 86.5 Å². The molecular formula is C23H19BrN2O3S. The van der Waals surface area contributed by atoms with Gasteiger partial charge in [0.1, 0.15) is 6.04 Å². The molecule has 2 heterocycles. The van der Waals surface area contributed by atoms with Gasteiger partial charge in [-0.25, -0.2) is 4.90 Å². The SMILES string of the molecule is Cc1ccc(CN(C(=O)c2cccs2)C2CC(=O)N(c3ccc(Br)cc3)C2=O)cc1. The number of hydrogen-bond donors (Lipinski definition) is 0. The second-order valence-corrected chi connectivity index (χ2v) is 9.02. The molecule has 0 spiro atoms. The van der Waals surface area contributed by atoms with Gasteiger partial charge in [0.25, 0.3) is 11.8 Å². The summed E-state index contributed by atoms with van der Waals surface area (Å²) in [4.78, 5) is 42.5. The van der Waals surface area contributed by atoms with E-state index in [9.17, 15) is 14.4 Å². The molecule has 152 valence electrons. The third-order valence-electron chi connectivity index (χ3n) is 5.05. The Labute approximate surface area is 187 Å². The van der Waals surface area contributed by atoms with E-state index in [0.717, 1.165) is 15.6 Å². The number of anilines is 1. The van der Waals surface area contributed by atoms with E-state index < -0.39 is 6.04 Å². The van der Waals surface area contributed by atoms with Gasteiger partial charge in [-0.2, -0.15) is 0 Å². The van der Waals surface area contributed by atoms with Crippen molar-refractivity contribution >= 4 is 50.7 Å². The van der Waals surface area contributed by atoms with Crippen LogP contribution in [-0.4, -0.2) is 28.7 Å². The molecule has 3 aromatic rings. The van der Waals surface area contributed by atoms with E-state index in [0.29, 0.717) is 10.6 Å². The average molecular weight is 483 g/mol. The van der Waals surface area contributed by atoms with Gasteiger partial charge in [-0.15, -0.1) is 11.3 Å². The molecule has 3 amide bonds. The van der Waals surface area contributed by atoms with Crippen LogP contribution in [0, 0.1) is 6.92 Å². The summed E-state index contributed by atoms with van der Waals surface area (Å²) in [6, 6.07) is 17.5. The van der Waals surface area contributed by atoms with Crippen LogP contribution in [0.4, 0.5) is 5.69 Å². The van der Waals surface area contributed by atoms with Gasteiger partial charge in [-0.05, 0) is 48.2 Å². The van der Waals surface area contributed by atoms with Crippen LogP contribution in [0.3, 0.4) is 0 Å². The molecule has 5 nitrogen and oxygen atoms in total. The molecule has 30 heavy (non-hydrogen) atoms. The largest absolute Gasteiger partial charge is 0.321 e. The standard InChI is InChI=1S/C23H19BrN2O3S/c1-15-4-6-16(7-5-15)14-25(23(29)20-3-2-12-30-20)19-13-21(27)26(22(19)28)18-10-8-17(24)9-11-18/h2-12,19H,13-14H2,1H3. The molecule has 1 saturated heterocycles. The molecule has 1 fully saturated rings. The second kappa shape index (κ2) is 8.53. The summed E-state index contributed by atoms with van der Waals surface area (Å²) in [6.45, 7) is 2.25. The van der Waals surface area contributed by atoms with Crippen molar-refractivity contribution in [1.82, 2.24) is 4.90 Å². The van der Waals surface area contributed by atoms with Gasteiger partial charge < -0.3 is 4.90 Å². The molecule has 1 aliphatic rings. The number of rotatable bonds is 5. The van der Waals surface area contributed by atoms with Crippen LogP contribution >= 0.6 is 27.3 Å². The summed E-state index contributed by atoms with van der Waals surface area (Å²) < 4.78 is 0.857. The Kier molecular flexibility index (Phi) is 5.83. The fourth-order valence-corrected chi connectivity index (χ4v) is 4.42. The van der Waals surface area contributed by atoms with Crippen molar-refractivity contribution in [3.63, 3.8) is 0 Å². The molecule has 0 aliphatic carbocycles. The molecule has 2 aromatic carbocycles. The number of nitrogens with zero attached hydrogens (tertiary/aromatic N) is 2. The lowest BCUT2D eigenvalue weighted by molar-refractivity contribution is -0.122. The number of halogens is 1. The van der Waals surface area contributed by atoms with E-state index in [4.69, 9.17) is 0 Å². The summed E-state index contributed by atoms with van der Waals surface area (Å²) in [5, 5.41) is 1.83. The first-order chi connectivity index (χ1) is 14.4. The Balaban J connectivity index is 1.66. The fraction of sp³-hybridized carbons (Fsp3) is 0.174. The monoisotopic (exact) mass is 482 g/mol. The number of carbonyl (C=O) groups is 3. The quantitative estimate of drug-likeness (QED) is 0.491. The maximum atomic E-state index is 13.3. The van der Waals surface area contributed by atoms with Crippen LogP contribution in [0.15, 0.2) is 70.5 Å². The van der Waals surface area contributed by atoms with E-state index >= 15 is 0 Å². The van der Waals surface area contributed by atoms with Crippen LogP contribution in [0.2, 0.25) is 0 Å². The molecule has 7 heteroatoms. The minimum Gasteiger partial charge on any atom is -0.321 e. The van der Waals surface area contributed by atoms with Crippen LogP contribution in [0.5, 0.6) is 0 Å². The predicted molar refractivity (Wildman–Crippen MR) is 120 cm³/mol. The number of aryl methyl sites for hydroxylation is 1. The third kappa shape index (κ3) is 4.08. The van der Waals surface area contributed by atoms with E-state index in [1.165, 1.54) is 21.1 Å². The number of benzene rings is 2. The van der Waals surface area contributed by atoms with Crippen molar-refractivity contribution < 1.29 is 14.4 Å². The lowest BCUT2D eigenvalue weighted by Crippen LogP contribution is -2.44. The number of carbonyl (C=O) groups excluding carboxylic acids is 3. The average Bonchev–Trinajstić information content (AvgIpc) is 3.37. The maximum Gasteiger partial charge on any atom is 0.264 e. The van der Waals surface area contributed by atoms with Gasteiger partial charge in [0.15, 0.2) is 0 Å². The molecule has 4 rings (SSSR count). The first kappa shape index (κ1) is 20.5. The van der Waals surface area contributed by atoms with Gasteiger partial charge in [0, 0.05) is 11.0 Å². The number of hydrogen-bond acceptors (Lipinski definition) is 4. The van der Waals surface area contributed by atoms with Crippen LogP contribution < -0.4 is 4.90 Å². The van der Waals surface area contributed by atoms with Crippen molar-refractivity contribution in [2.75, 3.05) is 4.90 Å². The molecule has 1 unspecified atom stereocenters. The highest BCUT2D eigenvalue weighted by atomic mass is 79.9. The topological polar surface area (TPSA) is 57.7 Å². The van der Waals surface area contributed by atoms with Crippen LogP contribution in [0.1, 0.15) is 27.2 Å². The molecule has 0 radical (unpaired) electrons. The maximum absolute atomic E-state index is 13.3. The highest BCUT2D eigenvalue weighted by Gasteiger charge is 2.44. The van der Waals surface area contributed by atoms with Gasteiger partial charge in [0.2, 0.25) is 5.91 Å². The lowest BCUT2D eigenvalue weighted by atomic mass is 10.1. The first-order valence-corrected chi connectivity index (χ1v) is 11.1. The minimum absolute atomic E-state index is 0.0299.